The minimum atomic E-state index is -0.102. The van der Waals surface area contributed by atoms with Crippen molar-refractivity contribution in [1.82, 2.24) is 9.97 Å². The third kappa shape index (κ3) is 2.46. The molecule has 0 aliphatic carbocycles. The van der Waals surface area contributed by atoms with Crippen LogP contribution in [0.5, 0.6) is 5.75 Å². The first-order valence-corrected chi connectivity index (χ1v) is 6.06. The highest BCUT2D eigenvalue weighted by molar-refractivity contribution is 5.99. The summed E-state index contributed by atoms with van der Waals surface area (Å²) in [5.41, 5.74) is 1.40. The second kappa shape index (κ2) is 5.04. The molecule has 2 heterocycles. The topological polar surface area (TPSA) is 88.2 Å². The molecule has 0 fully saturated rings. The fraction of sp³-hybridized carbons (Fsp3) is 0.154. The lowest BCUT2D eigenvalue weighted by Gasteiger charge is -2.17. The summed E-state index contributed by atoms with van der Waals surface area (Å²) < 4.78 is 5.15. The van der Waals surface area contributed by atoms with Crippen molar-refractivity contribution in [3.05, 3.63) is 30.5 Å². The van der Waals surface area contributed by atoms with E-state index < -0.39 is 0 Å². The molecule has 1 aliphatic rings. The Labute approximate surface area is 115 Å². The lowest BCUT2D eigenvalue weighted by Crippen LogP contribution is -2.28. The van der Waals surface area contributed by atoms with E-state index in [0.717, 1.165) is 11.4 Å². The number of aromatic nitrogens is 2. The first-order valence-electron chi connectivity index (χ1n) is 6.06. The van der Waals surface area contributed by atoms with Crippen molar-refractivity contribution in [3.63, 3.8) is 0 Å². The molecule has 1 amide bonds. The van der Waals surface area contributed by atoms with E-state index in [4.69, 9.17) is 4.74 Å². The van der Waals surface area contributed by atoms with Crippen LogP contribution >= 0.6 is 0 Å². The number of anilines is 4. The summed E-state index contributed by atoms with van der Waals surface area (Å²) in [5.74, 6) is 1.69. The lowest BCUT2D eigenvalue weighted by molar-refractivity contribution is -0.114. The van der Waals surface area contributed by atoms with Gasteiger partial charge in [0.05, 0.1) is 19.9 Å². The molecule has 0 unspecified atom stereocenters. The van der Waals surface area contributed by atoms with Crippen molar-refractivity contribution in [2.75, 3.05) is 29.6 Å². The molecule has 1 aliphatic heterocycles. The Kier molecular flexibility index (Phi) is 3.08. The van der Waals surface area contributed by atoms with Crippen LogP contribution in [0.3, 0.4) is 0 Å². The molecular weight excluding hydrogens is 258 g/mol. The minimum Gasteiger partial charge on any atom is -0.497 e. The zero-order chi connectivity index (χ0) is 13.9. The molecular formula is C13H13N5O2. The predicted molar refractivity (Wildman–Crippen MR) is 75.4 cm³/mol. The summed E-state index contributed by atoms with van der Waals surface area (Å²) in [6.07, 6.45) is 1.56. The van der Waals surface area contributed by atoms with E-state index in [-0.39, 0.29) is 12.5 Å². The molecule has 2 aromatic rings. The average Bonchev–Trinajstić information content (AvgIpc) is 2.47. The van der Waals surface area contributed by atoms with Gasteiger partial charge in [0.1, 0.15) is 11.4 Å². The number of rotatable bonds is 3. The number of nitrogens with one attached hydrogen (secondary N) is 3. The van der Waals surface area contributed by atoms with Gasteiger partial charge in [-0.25, -0.2) is 4.98 Å². The Hall–Kier alpha value is -2.83. The van der Waals surface area contributed by atoms with Crippen molar-refractivity contribution in [2.45, 2.75) is 0 Å². The van der Waals surface area contributed by atoms with Gasteiger partial charge >= 0.3 is 0 Å². The molecule has 0 spiro atoms. The quantitative estimate of drug-likeness (QED) is 0.785. The zero-order valence-corrected chi connectivity index (χ0v) is 10.8. The van der Waals surface area contributed by atoms with Crippen LogP contribution in [0.15, 0.2) is 30.5 Å². The number of nitrogens with zero attached hydrogens (tertiary/aromatic N) is 2. The van der Waals surface area contributed by atoms with Gasteiger partial charge in [-0.05, 0) is 12.1 Å². The van der Waals surface area contributed by atoms with Gasteiger partial charge in [0.25, 0.3) is 0 Å². The van der Waals surface area contributed by atoms with E-state index in [9.17, 15) is 4.79 Å². The molecule has 102 valence electrons. The molecule has 3 rings (SSSR count). The molecule has 3 N–H and O–H groups in total. The molecule has 0 radical (unpaired) electrons. The van der Waals surface area contributed by atoms with Gasteiger partial charge in [0.15, 0.2) is 5.82 Å². The maximum Gasteiger partial charge on any atom is 0.243 e. The summed E-state index contributed by atoms with van der Waals surface area (Å²) in [6, 6.07) is 7.46. The van der Waals surface area contributed by atoms with Gasteiger partial charge < -0.3 is 20.7 Å². The fourth-order valence-electron chi connectivity index (χ4n) is 1.86. The van der Waals surface area contributed by atoms with Gasteiger partial charge in [-0.1, -0.05) is 6.07 Å². The number of fused-ring (bicyclic) bond motifs is 1. The average molecular weight is 271 g/mol. The summed E-state index contributed by atoms with van der Waals surface area (Å²) in [7, 11) is 1.61. The Bertz CT molecular complexity index is 659. The highest BCUT2D eigenvalue weighted by Gasteiger charge is 2.16. The van der Waals surface area contributed by atoms with Crippen LogP contribution in [0, 0.1) is 0 Å². The van der Waals surface area contributed by atoms with E-state index in [0.29, 0.717) is 17.5 Å². The minimum absolute atomic E-state index is 0.102. The third-order valence-corrected chi connectivity index (χ3v) is 2.81. The van der Waals surface area contributed by atoms with Crippen LogP contribution in [0.4, 0.5) is 23.1 Å². The Morgan fingerprint density at radius 3 is 3.15 bits per heavy atom. The number of hydrogen-bond acceptors (Lipinski definition) is 6. The largest absolute Gasteiger partial charge is 0.497 e. The van der Waals surface area contributed by atoms with Crippen LogP contribution in [-0.4, -0.2) is 29.5 Å². The lowest BCUT2D eigenvalue weighted by atomic mass is 10.3. The summed E-state index contributed by atoms with van der Waals surface area (Å²) >= 11 is 0. The number of hydrogen-bond donors (Lipinski definition) is 3. The van der Waals surface area contributed by atoms with Gasteiger partial charge in [0.2, 0.25) is 11.9 Å². The molecule has 0 atom stereocenters. The molecule has 7 heteroatoms. The van der Waals surface area contributed by atoms with Crippen LogP contribution in [0.1, 0.15) is 0 Å². The predicted octanol–water partition coefficient (Wildman–Crippen LogP) is 1.59. The molecule has 0 saturated heterocycles. The van der Waals surface area contributed by atoms with E-state index in [1.807, 2.05) is 24.3 Å². The zero-order valence-electron chi connectivity index (χ0n) is 10.8. The number of benzene rings is 1. The van der Waals surface area contributed by atoms with Crippen molar-refractivity contribution >= 4 is 29.0 Å². The van der Waals surface area contributed by atoms with Crippen molar-refractivity contribution < 1.29 is 9.53 Å². The van der Waals surface area contributed by atoms with Gasteiger partial charge in [0, 0.05) is 11.8 Å². The highest BCUT2D eigenvalue weighted by atomic mass is 16.5. The number of methoxy groups -OCH3 is 1. The smallest absolute Gasteiger partial charge is 0.243 e. The summed E-state index contributed by atoms with van der Waals surface area (Å²) in [4.78, 5) is 19.7. The number of amides is 1. The third-order valence-electron chi connectivity index (χ3n) is 2.81. The Morgan fingerprint density at radius 1 is 1.40 bits per heavy atom. The SMILES string of the molecule is COc1cccc(Nc2ncc3c(n2)NCC(=O)N3)c1. The molecule has 1 aromatic heterocycles. The van der Waals surface area contributed by atoms with Crippen molar-refractivity contribution in [1.29, 1.82) is 0 Å². The molecule has 0 saturated carbocycles. The fourth-order valence-corrected chi connectivity index (χ4v) is 1.86. The van der Waals surface area contributed by atoms with Crippen LogP contribution < -0.4 is 20.7 Å². The number of ether oxygens (including phenoxy) is 1. The standard InChI is InChI=1S/C13H13N5O2/c1-20-9-4-2-3-8(5-9)16-13-15-6-10-12(18-13)14-7-11(19)17-10/h2-6H,7H2,1H3,(H,17,19)(H2,14,15,16,18). The van der Waals surface area contributed by atoms with Crippen LogP contribution in [0.2, 0.25) is 0 Å². The van der Waals surface area contributed by atoms with Crippen molar-refractivity contribution in [2.24, 2.45) is 0 Å². The normalized spacial score (nSPS) is 12.9. The first kappa shape index (κ1) is 12.2. The Morgan fingerprint density at radius 2 is 2.30 bits per heavy atom. The second-order valence-corrected chi connectivity index (χ2v) is 4.21. The maximum absolute atomic E-state index is 11.2. The highest BCUT2D eigenvalue weighted by Crippen LogP contribution is 2.24. The summed E-state index contributed by atoms with van der Waals surface area (Å²) in [5, 5.41) is 8.71. The van der Waals surface area contributed by atoms with Crippen molar-refractivity contribution in [3.8, 4) is 5.75 Å². The summed E-state index contributed by atoms with van der Waals surface area (Å²) in [6.45, 7) is 0.211. The van der Waals surface area contributed by atoms with Gasteiger partial charge in [-0.3, -0.25) is 4.79 Å². The van der Waals surface area contributed by atoms with E-state index in [1.165, 1.54) is 0 Å². The molecule has 1 aromatic carbocycles. The van der Waals surface area contributed by atoms with Gasteiger partial charge in [-0.15, -0.1) is 0 Å². The monoisotopic (exact) mass is 271 g/mol. The molecule has 0 bridgehead atoms. The molecule has 20 heavy (non-hydrogen) atoms. The van der Waals surface area contributed by atoms with Gasteiger partial charge in [-0.2, -0.15) is 4.98 Å². The molecule has 7 nitrogen and oxygen atoms in total. The Balaban J connectivity index is 1.82. The van der Waals surface area contributed by atoms with E-state index >= 15 is 0 Å². The van der Waals surface area contributed by atoms with Crippen LogP contribution in [0.25, 0.3) is 0 Å². The number of carbonyl (C=O) groups excluding carboxylic acids is 1. The maximum atomic E-state index is 11.2. The second-order valence-electron chi connectivity index (χ2n) is 4.21. The van der Waals surface area contributed by atoms with E-state index in [1.54, 1.807) is 13.3 Å². The van der Waals surface area contributed by atoms with Crippen LogP contribution in [-0.2, 0) is 4.79 Å². The first-order chi connectivity index (χ1) is 9.74. The number of carbonyl (C=O) groups is 1. The van der Waals surface area contributed by atoms with E-state index in [2.05, 4.69) is 25.9 Å².